The first-order valence-corrected chi connectivity index (χ1v) is 8.01. The zero-order valence-corrected chi connectivity index (χ0v) is 12.0. The first-order valence-electron chi connectivity index (χ1n) is 7.06. The quantitative estimate of drug-likeness (QED) is 0.774. The molecule has 0 aromatic heterocycles. The zero-order valence-electron chi connectivity index (χ0n) is 11.1. The fourth-order valence-corrected chi connectivity index (χ4v) is 5.11. The highest BCUT2D eigenvalue weighted by Gasteiger charge is 2.36. The van der Waals surface area contributed by atoms with Crippen LogP contribution in [0.15, 0.2) is 18.2 Å². The summed E-state index contributed by atoms with van der Waals surface area (Å²) < 4.78 is 13.9. The Morgan fingerprint density at radius 3 is 2.65 bits per heavy atom. The van der Waals surface area contributed by atoms with Crippen molar-refractivity contribution in [3.8, 4) is 6.07 Å². The number of carbonyl (C=O) groups excluding carboxylic acids is 1. The largest absolute Gasteiger partial charge is 0.294 e. The second-order valence-corrected chi connectivity index (χ2v) is 7.26. The van der Waals surface area contributed by atoms with Crippen molar-refractivity contribution in [1.82, 2.24) is 0 Å². The average Bonchev–Trinajstić information content (AvgIpc) is 2.46. The maximum Gasteiger partial charge on any atom is 0.169 e. The van der Waals surface area contributed by atoms with E-state index >= 15 is 0 Å². The number of fused-ring (bicyclic) bond motifs is 2. The molecule has 2 bridgehead atoms. The van der Waals surface area contributed by atoms with E-state index in [1.165, 1.54) is 37.5 Å². The lowest BCUT2D eigenvalue weighted by Gasteiger charge is -2.38. The fourth-order valence-electron chi connectivity index (χ4n) is 3.28. The number of rotatable bonds is 2. The van der Waals surface area contributed by atoms with Gasteiger partial charge in [-0.3, -0.25) is 4.79 Å². The number of carbonyl (C=O) groups is 1. The summed E-state index contributed by atoms with van der Waals surface area (Å²) >= 11 is 2.00. The minimum absolute atomic E-state index is 0.0741. The number of hydrogen-bond donors (Lipinski definition) is 0. The van der Waals surface area contributed by atoms with Crippen LogP contribution < -0.4 is 0 Å². The molecule has 2 aliphatic heterocycles. The van der Waals surface area contributed by atoms with Crippen LogP contribution in [0.5, 0.6) is 0 Å². The van der Waals surface area contributed by atoms with Crippen molar-refractivity contribution in [2.75, 3.05) is 0 Å². The Labute approximate surface area is 122 Å². The van der Waals surface area contributed by atoms with Crippen LogP contribution >= 0.6 is 11.8 Å². The molecule has 1 aromatic carbocycles. The zero-order chi connectivity index (χ0) is 14.1. The lowest BCUT2D eigenvalue weighted by molar-refractivity contribution is 0.0892. The van der Waals surface area contributed by atoms with Gasteiger partial charge >= 0.3 is 0 Å². The second kappa shape index (κ2) is 5.57. The lowest BCUT2D eigenvalue weighted by Crippen LogP contribution is -2.33. The Bertz CT molecular complexity index is 568. The summed E-state index contributed by atoms with van der Waals surface area (Å²) in [5.41, 5.74) is 0.444. The average molecular weight is 289 g/mol. The molecule has 0 spiro atoms. The van der Waals surface area contributed by atoms with Gasteiger partial charge in [-0.25, -0.2) is 4.39 Å². The lowest BCUT2D eigenvalue weighted by atomic mass is 9.84. The number of nitriles is 1. The number of thioether (sulfide) groups is 1. The third-order valence-corrected chi connectivity index (χ3v) is 5.89. The molecule has 2 aliphatic rings. The summed E-state index contributed by atoms with van der Waals surface area (Å²) in [4.78, 5) is 12.6. The predicted octanol–water partition coefficient (Wildman–Crippen LogP) is 3.94. The van der Waals surface area contributed by atoms with E-state index in [0.29, 0.717) is 16.1 Å². The summed E-state index contributed by atoms with van der Waals surface area (Å²) in [6.45, 7) is 0. The first kappa shape index (κ1) is 13.6. The highest BCUT2D eigenvalue weighted by Crippen LogP contribution is 2.44. The molecule has 4 heteroatoms. The van der Waals surface area contributed by atoms with Gasteiger partial charge in [-0.1, -0.05) is 6.42 Å². The third kappa shape index (κ3) is 2.60. The van der Waals surface area contributed by atoms with Gasteiger partial charge in [0.05, 0.1) is 17.2 Å². The smallest absolute Gasteiger partial charge is 0.169 e. The Morgan fingerprint density at radius 2 is 2.00 bits per heavy atom. The normalized spacial score (nSPS) is 28.7. The Hall–Kier alpha value is -1.34. The molecule has 0 aliphatic carbocycles. The van der Waals surface area contributed by atoms with Crippen molar-refractivity contribution in [2.45, 2.75) is 42.6 Å². The monoisotopic (exact) mass is 289 g/mol. The summed E-state index contributed by atoms with van der Waals surface area (Å²) in [5, 5.41) is 10.00. The first-order chi connectivity index (χ1) is 9.67. The van der Waals surface area contributed by atoms with E-state index in [2.05, 4.69) is 0 Å². The molecule has 2 nitrogen and oxygen atoms in total. The topological polar surface area (TPSA) is 40.9 Å². The molecule has 0 N–H and O–H groups in total. The Morgan fingerprint density at radius 1 is 1.30 bits per heavy atom. The predicted molar refractivity (Wildman–Crippen MR) is 77.2 cm³/mol. The molecule has 3 rings (SSSR count). The fraction of sp³-hybridized carbons (Fsp3) is 0.500. The van der Waals surface area contributed by atoms with Crippen molar-refractivity contribution < 1.29 is 9.18 Å². The third-order valence-electron chi connectivity index (χ3n) is 4.26. The van der Waals surface area contributed by atoms with Crippen LogP contribution in [-0.4, -0.2) is 16.3 Å². The van der Waals surface area contributed by atoms with Gasteiger partial charge in [-0.15, -0.1) is 0 Å². The van der Waals surface area contributed by atoms with E-state index in [-0.39, 0.29) is 17.3 Å². The van der Waals surface area contributed by atoms with Gasteiger partial charge in [0.1, 0.15) is 5.82 Å². The number of hydrogen-bond acceptors (Lipinski definition) is 3. The standard InChI is InChI=1S/C16H16FNOS/c17-15-5-4-10(9-18)6-14(15)16(19)11-7-12-2-1-3-13(8-11)20-12/h4-6,11-13H,1-3,7-8H2. The number of nitrogens with zero attached hydrogens (tertiary/aromatic N) is 1. The van der Waals surface area contributed by atoms with Crippen molar-refractivity contribution >= 4 is 17.5 Å². The van der Waals surface area contributed by atoms with E-state index in [1.54, 1.807) is 0 Å². The van der Waals surface area contributed by atoms with Crippen molar-refractivity contribution in [3.63, 3.8) is 0 Å². The van der Waals surface area contributed by atoms with Crippen LogP contribution in [0.4, 0.5) is 4.39 Å². The minimum atomic E-state index is -0.502. The molecular formula is C16H16FNOS. The highest BCUT2D eigenvalue weighted by molar-refractivity contribution is 8.00. The van der Waals surface area contributed by atoms with Gasteiger partial charge in [-0.2, -0.15) is 17.0 Å². The van der Waals surface area contributed by atoms with Crippen LogP contribution in [0, 0.1) is 23.1 Å². The van der Waals surface area contributed by atoms with Gasteiger partial charge in [0.25, 0.3) is 0 Å². The molecule has 2 atom stereocenters. The molecule has 20 heavy (non-hydrogen) atoms. The summed E-state index contributed by atoms with van der Waals surface area (Å²) in [6.07, 6.45) is 5.31. The van der Waals surface area contributed by atoms with E-state index in [4.69, 9.17) is 5.26 Å². The molecule has 0 amide bonds. The molecule has 2 fully saturated rings. The van der Waals surface area contributed by atoms with Gasteiger partial charge < -0.3 is 0 Å². The molecule has 2 saturated heterocycles. The van der Waals surface area contributed by atoms with Crippen LogP contribution in [-0.2, 0) is 0 Å². The van der Waals surface area contributed by atoms with Gasteiger partial charge in [0, 0.05) is 16.4 Å². The maximum atomic E-state index is 13.9. The summed E-state index contributed by atoms with van der Waals surface area (Å²) in [5.74, 6) is -0.691. The number of benzene rings is 1. The minimum Gasteiger partial charge on any atom is -0.294 e. The second-order valence-electron chi connectivity index (χ2n) is 5.65. The number of ketones is 1. The molecule has 0 saturated carbocycles. The number of halogens is 1. The number of Topliss-reactive ketones (excluding diaryl/α,β-unsaturated/α-hetero) is 1. The van der Waals surface area contributed by atoms with E-state index in [0.717, 1.165) is 12.8 Å². The molecular weight excluding hydrogens is 273 g/mol. The molecule has 0 radical (unpaired) electrons. The van der Waals surface area contributed by atoms with Gasteiger partial charge in [-0.05, 0) is 43.9 Å². The van der Waals surface area contributed by atoms with Crippen molar-refractivity contribution in [3.05, 3.63) is 35.1 Å². The SMILES string of the molecule is N#Cc1ccc(F)c(C(=O)C2CC3CCCC(C2)S3)c1. The summed E-state index contributed by atoms with van der Waals surface area (Å²) in [7, 11) is 0. The van der Waals surface area contributed by atoms with Crippen LogP contribution in [0.25, 0.3) is 0 Å². The van der Waals surface area contributed by atoms with Crippen molar-refractivity contribution in [2.24, 2.45) is 5.92 Å². The Kier molecular flexibility index (Phi) is 3.80. The van der Waals surface area contributed by atoms with Crippen LogP contribution in [0.2, 0.25) is 0 Å². The molecule has 104 valence electrons. The highest BCUT2D eigenvalue weighted by atomic mass is 32.2. The van der Waals surface area contributed by atoms with Crippen LogP contribution in [0.1, 0.15) is 48.0 Å². The molecule has 2 heterocycles. The van der Waals surface area contributed by atoms with E-state index in [9.17, 15) is 9.18 Å². The van der Waals surface area contributed by atoms with Crippen LogP contribution in [0.3, 0.4) is 0 Å². The van der Waals surface area contributed by atoms with Gasteiger partial charge in [0.2, 0.25) is 0 Å². The molecule has 2 unspecified atom stereocenters. The van der Waals surface area contributed by atoms with Crippen molar-refractivity contribution in [1.29, 1.82) is 5.26 Å². The molecule has 1 aromatic rings. The maximum absolute atomic E-state index is 13.9. The van der Waals surface area contributed by atoms with Gasteiger partial charge in [0.15, 0.2) is 5.78 Å². The van der Waals surface area contributed by atoms with E-state index < -0.39 is 5.82 Å². The van der Waals surface area contributed by atoms with E-state index in [1.807, 2.05) is 17.8 Å². The Balaban J connectivity index is 1.84. The summed E-state index contributed by atoms with van der Waals surface area (Å²) in [6, 6.07) is 6.01.